The van der Waals surface area contributed by atoms with Crippen LogP contribution in [-0.2, 0) is 16.1 Å². The molecule has 7 nitrogen and oxygen atoms in total. The number of benzene rings is 1. The van der Waals surface area contributed by atoms with Gasteiger partial charge in [0.1, 0.15) is 6.54 Å². The van der Waals surface area contributed by atoms with E-state index in [1.807, 2.05) is 19.1 Å². The quantitative estimate of drug-likeness (QED) is 0.847. The fourth-order valence-electron chi connectivity index (χ4n) is 2.31. The molecule has 0 spiro atoms. The summed E-state index contributed by atoms with van der Waals surface area (Å²) in [5.41, 5.74) is 0.568. The zero-order valence-electron chi connectivity index (χ0n) is 12.4. The summed E-state index contributed by atoms with van der Waals surface area (Å²) in [5, 5.41) is 12.7. The molecule has 1 aliphatic heterocycles. The number of hydrogen-bond acceptors (Lipinski definition) is 5. The number of nitrogens with zero attached hydrogens (tertiary/aromatic N) is 5. The van der Waals surface area contributed by atoms with E-state index in [1.165, 1.54) is 4.80 Å². The van der Waals surface area contributed by atoms with E-state index in [9.17, 15) is 4.79 Å². The van der Waals surface area contributed by atoms with Crippen molar-refractivity contribution in [3.63, 3.8) is 0 Å². The first kappa shape index (κ1) is 14.9. The van der Waals surface area contributed by atoms with E-state index in [4.69, 9.17) is 16.3 Å². The van der Waals surface area contributed by atoms with Gasteiger partial charge in [0.2, 0.25) is 11.7 Å². The highest BCUT2D eigenvalue weighted by Crippen LogP contribution is 2.23. The van der Waals surface area contributed by atoms with Gasteiger partial charge in [-0.15, -0.1) is 10.2 Å². The van der Waals surface area contributed by atoms with E-state index in [1.54, 1.807) is 24.1 Å². The molecule has 1 fully saturated rings. The fourth-order valence-corrected chi connectivity index (χ4v) is 2.44. The number of amides is 1. The summed E-state index contributed by atoms with van der Waals surface area (Å²) in [4.78, 5) is 15.1. The summed E-state index contributed by atoms with van der Waals surface area (Å²) in [5.74, 6) is 0.421. The predicted molar refractivity (Wildman–Crippen MR) is 80.3 cm³/mol. The molecule has 0 bridgehead atoms. The first-order valence-electron chi connectivity index (χ1n) is 6.86. The number of tetrazole rings is 1. The lowest BCUT2D eigenvalue weighted by atomic mass is 9.96. The lowest BCUT2D eigenvalue weighted by molar-refractivity contribution is -0.158. The summed E-state index contributed by atoms with van der Waals surface area (Å²) in [6, 6.07) is 7.14. The molecule has 1 saturated heterocycles. The number of rotatable bonds is 4. The van der Waals surface area contributed by atoms with Crippen molar-refractivity contribution in [2.75, 3.05) is 20.2 Å². The number of hydrogen-bond donors (Lipinski definition) is 0. The van der Waals surface area contributed by atoms with Crippen LogP contribution in [0.5, 0.6) is 0 Å². The molecule has 2 aromatic rings. The minimum Gasteiger partial charge on any atom is -0.375 e. The topological polar surface area (TPSA) is 73.1 Å². The zero-order chi connectivity index (χ0) is 15.7. The average Bonchev–Trinajstić information content (AvgIpc) is 2.93. The van der Waals surface area contributed by atoms with E-state index in [0.29, 0.717) is 23.9 Å². The number of ether oxygens (including phenoxy) is 1. The minimum atomic E-state index is -0.236. The van der Waals surface area contributed by atoms with Gasteiger partial charge in [-0.1, -0.05) is 11.6 Å². The first-order valence-corrected chi connectivity index (χ1v) is 7.23. The highest BCUT2D eigenvalue weighted by Gasteiger charge is 2.41. The molecule has 1 aromatic heterocycles. The largest absolute Gasteiger partial charge is 0.375 e. The molecular weight excluding hydrogens is 306 g/mol. The highest BCUT2D eigenvalue weighted by molar-refractivity contribution is 6.30. The standard InChI is InChI=1S/C14H16ClN5O2/c1-14(22-2)8-19(9-14)12(21)7-20-17-13(16-18-20)10-3-5-11(15)6-4-10/h3-6H,7-9H2,1-2H3. The molecule has 1 amide bonds. The minimum absolute atomic E-state index is 0.0467. The summed E-state index contributed by atoms with van der Waals surface area (Å²) in [6.45, 7) is 3.21. The van der Waals surface area contributed by atoms with E-state index >= 15 is 0 Å². The average molecular weight is 322 g/mol. The normalized spacial score (nSPS) is 16.4. The molecule has 116 valence electrons. The molecule has 3 rings (SSSR count). The molecule has 1 aliphatic rings. The smallest absolute Gasteiger partial charge is 0.246 e. The van der Waals surface area contributed by atoms with Gasteiger partial charge in [0.25, 0.3) is 0 Å². The van der Waals surface area contributed by atoms with Crippen LogP contribution in [0.1, 0.15) is 6.92 Å². The van der Waals surface area contributed by atoms with Crippen LogP contribution in [0, 0.1) is 0 Å². The molecule has 0 saturated carbocycles. The van der Waals surface area contributed by atoms with Crippen LogP contribution in [0.2, 0.25) is 5.02 Å². The lowest BCUT2D eigenvalue weighted by Gasteiger charge is -2.46. The fraction of sp³-hybridized carbons (Fsp3) is 0.429. The molecule has 22 heavy (non-hydrogen) atoms. The van der Waals surface area contributed by atoms with Gasteiger partial charge in [-0.05, 0) is 36.4 Å². The SMILES string of the molecule is COC1(C)CN(C(=O)Cn2nnc(-c3ccc(Cl)cc3)n2)C1. The summed E-state index contributed by atoms with van der Waals surface area (Å²) >= 11 is 5.84. The maximum absolute atomic E-state index is 12.1. The molecule has 0 aliphatic carbocycles. The zero-order valence-corrected chi connectivity index (χ0v) is 13.1. The number of likely N-dealkylation sites (tertiary alicyclic amines) is 1. The van der Waals surface area contributed by atoms with Crippen LogP contribution >= 0.6 is 11.6 Å². The summed E-state index contributed by atoms with van der Waals surface area (Å²) < 4.78 is 5.32. The van der Waals surface area contributed by atoms with Crippen molar-refractivity contribution >= 4 is 17.5 Å². The third kappa shape index (κ3) is 2.95. The van der Waals surface area contributed by atoms with E-state index in [-0.39, 0.29) is 18.1 Å². The van der Waals surface area contributed by atoms with Crippen LogP contribution in [0.15, 0.2) is 24.3 Å². The van der Waals surface area contributed by atoms with Crippen molar-refractivity contribution < 1.29 is 9.53 Å². The van der Waals surface area contributed by atoms with Gasteiger partial charge in [0.05, 0.1) is 18.7 Å². The van der Waals surface area contributed by atoms with Crippen LogP contribution < -0.4 is 0 Å². The molecule has 1 aromatic carbocycles. The molecule has 2 heterocycles. The van der Waals surface area contributed by atoms with Gasteiger partial charge in [-0.25, -0.2) is 0 Å². The van der Waals surface area contributed by atoms with Crippen LogP contribution in [0.3, 0.4) is 0 Å². The summed E-state index contributed by atoms with van der Waals surface area (Å²) in [6.07, 6.45) is 0. The molecule has 0 atom stereocenters. The number of carbonyl (C=O) groups is 1. The molecule has 0 radical (unpaired) electrons. The Kier molecular flexibility index (Phi) is 3.84. The van der Waals surface area contributed by atoms with Gasteiger partial charge in [-0.3, -0.25) is 4.79 Å². The van der Waals surface area contributed by atoms with E-state index in [0.717, 1.165) is 5.56 Å². The van der Waals surface area contributed by atoms with E-state index < -0.39 is 0 Å². The van der Waals surface area contributed by atoms with E-state index in [2.05, 4.69) is 15.4 Å². The second kappa shape index (κ2) is 5.66. The van der Waals surface area contributed by atoms with Crippen molar-refractivity contribution in [2.24, 2.45) is 0 Å². The Bertz CT molecular complexity index is 679. The molecular formula is C14H16ClN5O2. The third-order valence-corrected chi connectivity index (χ3v) is 3.98. The monoisotopic (exact) mass is 321 g/mol. The Balaban J connectivity index is 1.63. The highest BCUT2D eigenvalue weighted by atomic mass is 35.5. The number of carbonyl (C=O) groups excluding carboxylic acids is 1. The van der Waals surface area contributed by atoms with Crippen LogP contribution in [-0.4, -0.2) is 56.8 Å². The van der Waals surface area contributed by atoms with Crippen molar-refractivity contribution in [3.05, 3.63) is 29.3 Å². The molecule has 8 heteroatoms. The predicted octanol–water partition coefficient (Wildman–Crippen LogP) is 1.24. The second-order valence-corrected chi connectivity index (χ2v) is 5.99. The Hall–Kier alpha value is -1.99. The van der Waals surface area contributed by atoms with Crippen LogP contribution in [0.25, 0.3) is 11.4 Å². The van der Waals surface area contributed by atoms with Crippen LogP contribution in [0.4, 0.5) is 0 Å². The van der Waals surface area contributed by atoms with Crippen molar-refractivity contribution in [2.45, 2.75) is 19.1 Å². The maximum Gasteiger partial charge on any atom is 0.246 e. The Morgan fingerprint density at radius 3 is 2.68 bits per heavy atom. The van der Waals surface area contributed by atoms with Gasteiger partial charge in [-0.2, -0.15) is 4.80 Å². The van der Waals surface area contributed by atoms with Gasteiger partial charge in [0.15, 0.2) is 0 Å². The van der Waals surface area contributed by atoms with Crippen molar-refractivity contribution in [1.82, 2.24) is 25.1 Å². The Morgan fingerprint density at radius 2 is 2.05 bits per heavy atom. The second-order valence-electron chi connectivity index (χ2n) is 5.55. The van der Waals surface area contributed by atoms with Gasteiger partial charge >= 0.3 is 0 Å². The maximum atomic E-state index is 12.1. The number of halogens is 1. The number of methoxy groups -OCH3 is 1. The Morgan fingerprint density at radius 1 is 1.36 bits per heavy atom. The van der Waals surface area contributed by atoms with Crippen molar-refractivity contribution in [1.29, 1.82) is 0 Å². The van der Waals surface area contributed by atoms with Gasteiger partial charge in [0, 0.05) is 17.7 Å². The van der Waals surface area contributed by atoms with Gasteiger partial charge < -0.3 is 9.64 Å². The first-order chi connectivity index (χ1) is 10.5. The summed E-state index contributed by atoms with van der Waals surface area (Å²) in [7, 11) is 1.65. The third-order valence-electron chi connectivity index (χ3n) is 3.73. The molecule has 0 N–H and O–H groups in total. The Labute approximate surface area is 132 Å². The lowest BCUT2D eigenvalue weighted by Crippen LogP contribution is -2.63. The number of aromatic nitrogens is 4. The van der Waals surface area contributed by atoms with Crippen molar-refractivity contribution in [3.8, 4) is 11.4 Å². The molecule has 0 unspecified atom stereocenters.